The summed E-state index contributed by atoms with van der Waals surface area (Å²) in [6.07, 6.45) is 4.61. The first kappa shape index (κ1) is 18.0. The van der Waals surface area contributed by atoms with Crippen LogP contribution in [0.2, 0.25) is 0 Å². The van der Waals surface area contributed by atoms with Gasteiger partial charge in [-0.3, -0.25) is 0 Å². The van der Waals surface area contributed by atoms with E-state index in [1.54, 1.807) is 0 Å². The molecule has 0 bridgehead atoms. The van der Waals surface area contributed by atoms with Gasteiger partial charge in [-0.25, -0.2) is 4.79 Å². The van der Waals surface area contributed by atoms with Crippen LogP contribution in [0.1, 0.15) is 60.3 Å². The molecule has 0 aromatic carbocycles. The number of likely N-dealkylation sites (tertiary alicyclic amines) is 1. The molecule has 1 saturated carbocycles. The van der Waals surface area contributed by atoms with Gasteiger partial charge in [0.1, 0.15) is 5.60 Å². The Kier molecular flexibility index (Phi) is 4.86. The molecule has 3 fully saturated rings. The van der Waals surface area contributed by atoms with Gasteiger partial charge in [-0.2, -0.15) is 0 Å². The van der Waals surface area contributed by atoms with Crippen molar-refractivity contribution in [3.8, 4) is 0 Å². The maximum absolute atomic E-state index is 12.3. The van der Waals surface area contributed by atoms with Crippen LogP contribution in [-0.4, -0.2) is 54.5 Å². The van der Waals surface area contributed by atoms with E-state index >= 15 is 0 Å². The first-order valence-electron chi connectivity index (χ1n) is 9.54. The number of amides is 1. The van der Waals surface area contributed by atoms with Gasteiger partial charge in [-0.05, 0) is 46.5 Å². The quantitative estimate of drug-likeness (QED) is 0.840. The van der Waals surface area contributed by atoms with Crippen molar-refractivity contribution in [1.82, 2.24) is 10.2 Å². The highest BCUT2D eigenvalue weighted by Crippen LogP contribution is 2.52. The summed E-state index contributed by atoms with van der Waals surface area (Å²) >= 11 is 0. The molecule has 2 aliphatic heterocycles. The summed E-state index contributed by atoms with van der Waals surface area (Å²) in [5.74, 6) is 0.671. The van der Waals surface area contributed by atoms with Crippen molar-refractivity contribution < 1.29 is 14.3 Å². The van der Waals surface area contributed by atoms with Crippen molar-refractivity contribution in [1.29, 1.82) is 0 Å². The van der Waals surface area contributed by atoms with Crippen LogP contribution < -0.4 is 5.32 Å². The number of nitrogens with one attached hydrogen (secondary N) is 1. The zero-order chi connectivity index (χ0) is 17.5. The zero-order valence-corrected chi connectivity index (χ0v) is 15.9. The number of ether oxygens (including phenoxy) is 2. The van der Waals surface area contributed by atoms with Crippen LogP contribution in [0.3, 0.4) is 0 Å². The van der Waals surface area contributed by atoms with Gasteiger partial charge in [0.15, 0.2) is 0 Å². The number of fused-ring (bicyclic) bond motifs is 1. The van der Waals surface area contributed by atoms with Gasteiger partial charge in [0, 0.05) is 43.1 Å². The second-order valence-corrected chi connectivity index (χ2v) is 9.30. The lowest BCUT2D eigenvalue weighted by atomic mass is 9.57. The molecular formula is C19H34N2O3. The largest absolute Gasteiger partial charge is 0.444 e. The smallest absolute Gasteiger partial charge is 0.410 e. The molecule has 138 valence electrons. The van der Waals surface area contributed by atoms with Gasteiger partial charge in [0.05, 0.1) is 6.10 Å². The first-order chi connectivity index (χ1) is 11.2. The van der Waals surface area contributed by atoms with Crippen LogP contribution in [-0.2, 0) is 9.47 Å². The molecule has 0 radical (unpaired) electrons. The summed E-state index contributed by atoms with van der Waals surface area (Å²) < 4.78 is 11.4. The van der Waals surface area contributed by atoms with Crippen molar-refractivity contribution in [3.05, 3.63) is 0 Å². The number of carbonyl (C=O) groups is 1. The van der Waals surface area contributed by atoms with Crippen LogP contribution in [0.15, 0.2) is 0 Å². The third-order valence-corrected chi connectivity index (χ3v) is 5.90. The third-order valence-electron chi connectivity index (χ3n) is 5.90. The molecule has 0 aromatic heterocycles. The first-order valence-corrected chi connectivity index (χ1v) is 9.54. The zero-order valence-electron chi connectivity index (χ0n) is 15.9. The normalized spacial score (nSPS) is 35.8. The Balaban J connectivity index is 1.52. The average Bonchev–Trinajstić information content (AvgIpc) is 2.79. The molecular weight excluding hydrogens is 304 g/mol. The number of hydrogen-bond acceptors (Lipinski definition) is 4. The topological polar surface area (TPSA) is 50.8 Å². The van der Waals surface area contributed by atoms with Crippen LogP contribution in [0.4, 0.5) is 4.79 Å². The molecule has 2 heterocycles. The Bertz CT molecular complexity index is 472. The maximum Gasteiger partial charge on any atom is 0.410 e. The highest BCUT2D eigenvalue weighted by atomic mass is 16.6. The van der Waals surface area contributed by atoms with Crippen molar-refractivity contribution in [2.45, 2.75) is 84.1 Å². The molecule has 2 saturated heterocycles. The van der Waals surface area contributed by atoms with Gasteiger partial charge >= 0.3 is 6.09 Å². The highest BCUT2D eigenvalue weighted by Gasteiger charge is 2.59. The van der Waals surface area contributed by atoms with Crippen LogP contribution in [0, 0.1) is 11.3 Å². The highest BCUT2D eigenvalue weighted by molar-refractivity contribution is 5.68. The number of rotatable bonds is 2. The summed E-state index contributed by atoms with van der Waals surface area (Å²) in [5.41, 5.74) is -0.202. The number of nitrogens with zero attached hydrogens (tertiary/aromatic N) is 1. The van der Waals surface area contributed by atoms with E-state index in [0.29, 0.717) is 24.1 Å². The summed E-state index contributed by atoms with van der Waals surface area (Å²) in [6.45, 7) is 12.9. The fraction of sp³-hybridized carbons (Fsp3) is 0.947. The van der Waals surface area contributed by atoms with E-state index in [0.717, 1.165) is 39.0 Å². The van der Waals surface area contributed by atoms with E-state index in [1.807, 2.05) is 25.7 Å². The minimum absolute atomic E-state index is 0.170. The fourth-order valence-corrected chi connectivity index (χ4v) is 4.69. The molecule has 3 aliphatic rings. The lowest BCUT2D eigenvalue weighted by Crippen LogP contribution is -2.67. The molecule has 5 nitrogen and oxygen atoms in total. The van der Waals surface area contributed by atoms with Gasteiger partial charge in [0.25, 0.3) is 0 Å². The van der Waals surface area contributed by atoms with Crippen molar-refractivity contribution in [2.24, 2.45) is 11.3 Å². The van der Waals surface area contributed by atoms with E-state index in [4.69, 9.17) is 9.47 Å². The summed E-state index contributed by atoms with van der Waals surface area (Å²) in [6, 6.07) is 1.03. The molecule has 1 amide bonds. The fourth-order valence-electron chi connectivity index (χ4n) is 4.69. The van der Waals surface area contributed by atoms with Gasteiger partial charge in [-0.15, -0.1) is 0 Å². The second kappa shape index (κ2) is 6.49. The van der Waals surface area contributed by atoms with Gasteiger partial charge in [-0.1, -0.05) is 13.8 Å². The predicted molar refractivity (Wildman–Crippen MR) is 94.0 cm³/mol. The summed E-state index contributed by atoms with van der Waals surface area (Å²) in [5, 5.41) is 3.91. The average molecular weight is 338 g/mol. The Morgan fingerprint density at radius 1 is 1.21 bits per heavy atom. The van der Waals surface area contributed by atoms with E-state index in [9.17, 15) is 4.79 Å². The van der Waals surface area contributed by atoms with E-state index in [1.165, 1.54) is 6.42 Å². The predicted octanol–water partition coefficient (Wildman–Crippen LogP) is 3.18. The van der Waals surface area contributed by atoms with Gasteiger partial charge < -0.3 is 19.7 Å². The monoisotopic (exact) mass is 338 g/mol. The second-order valence-electron chi connectivity index (χ2n) is 9.30. The molecule has 3 rings (SSSR count). The van der Waals surface area contributed by atoms with Crippen LogP contribution >= 0.6 is 0 Å². The molecule has 24 heavy (non-hydrogen) atoms. The van der Waals surface area contributed by atoms with E-state index in [2.05, 4.69) is 19.2 Å². The standard InChI is InChI=1S/C19H34N2O3/c1-18(2,3)24-17(22)21-10-6-7-13(8-11-21)20-15-14-9-12-23-16(14)19(15,4)5/h13-16,20H,6-12H2,1-5H3/t13-,14-,15+,16-/m0/s1. The Hall–Kier alpha value is -0.810. The van der Waals surface area contributed by atoms with E-state index < -0.39 is 5.60 Å². The lowest BCUT2D eigenvalue weighted by molar-refractivity contribution is -0.115. The minimum atomic E-state index is -0.422. The molecule has 5 heteroatoms. The summed E-state index contributed by atoms with van der Waals surface area (Å²) in [7, 11) is 0. The molecule has 0 spiro atoms. The number of hydrogen-bond donors (Lipinski definition) is 1. The Morgan fingerprint density at radius 2 is 1.96 bits per heavy atom. The molecule has 0 aromatic rings. The third kappa shape index (κ3) is 3.57. The molecule has 1 aliphatic carbocycles. The van der Waals surface area contributed by atoms with Crippen LogP contribution in [0.25, 0.3) is 0 Å². The Morgan fingerprint density at radius 3 is 2.67 bits per heavy atom. The molecule has 1 N–H and O–H groups in total. The maximum atomic E-state index is 12.3. The molecule has 0 unspecified atom stereocenters. The SMILES string of the molecule is CC(C)(C)OC(=O)N1CCC[C@H](N[C@@H]2[C@@H]3CCO[C@@H]3C2(C)C)CC1. The van der Waals surface area contributed by atoms with Crippen molar-refractivity contribution in [3.63, 3.8) is 0 Å². The lowest BCUT2D eigenvalue weighted by Gasteiger charge is -2.56. The minimum Gasteiger partial charge on any atom is -0.444 e. The van der Waals surface area contributed by atoms with Crippen molar-refractivity contribution in [2.75, 3.05) is 19.7 Å². The van der Waals surface area contributed by atoms with Gasteiger partial charge in [0.2, 0.25) is 0 Å². The number of carbonyl (C=O) groups excluding carboxylic acids is 1. The van der Waals surface area contributed by atoms with E-state index in [-0.39, 0.29) is 11.5 Å². The Labute approximate surface area is 146 Å². The van der Waals surface area contributed by atoms with Crippen molar-refractivity contribution >= 4 is 6.09 Å². The summed E-state index contributed by atoms with van der Waals surface area (Å²) in [4.78, 5) is 14.2. The van der Waals surface area contributed by atoms with Crippen LogP contribution in [0.5, 0.6) is 0 Å². The molecule has 4 atom stereocenters.